The molecule has 0 bridgehead atoms. The highest BCUT2D eigenvalue weighted by Crippen LogP contribution is 2.24. The molecule has 0 unspecified atom stereocenters. The molecule has 3 N–H and O–H groups in total. The zero-order chi connectivity index (χ0) is 15.8. The van der Waals surface area contributed by atoms with Gasteiger partial charge in [-0.2, -0.15) is 0 Å². The molecule has 23 heavy (non-hydrogen) atoms. The van der Waals surface area contributed by atoms with E-state index < -0.39 is 0 Å². The number of nitrogens with one attached hydrogen (secondary N) is 1. The molecule has 116 valence electrons. The summed E-state index contributed by atoms with van der Waals surface area (Å²) >= 11 is 0. The van der Waals surface area contributed by atoms with Crippen molar-refractivity contribution in [3.63, 3.8) is 0 Å². The Bertz CT molecular complexity index is 1010. The van der Waals surface area contributed by atoms with Crippen LogP contribution in [0.15, 0.2) is 56.3 Å². The maximum absolute atomic E-state index is 12.2. The van der Waals surface area contributed by atoms with Gasteiger partial charge in [-0.25, -0.2) is 4.98 Å². The number of hydrogen-bond acceptors (Lipinski definition) is 4. The van der Waals surface area contributed by atoms with Crippen LogP contribution in [0.3, 0.4) is 0 Å². The van der Waals surface area contributed by atoms with E-state index in [1.165, 1.54) is 0 Å². The van der Waals surface area contributed by atoms with Gasteiger partial charge in [-0.3, -0.25) is 4.79 Å². The van der Waals surface area contributed by atoms with E-state index in [2.05, 4.69) is 15.3 Å². The first-order valence-electron chi connectivity index (χ1n) is 7.49. The van der Waals surface area contributed by atoms with Crippen LogP contribution in [0.4, 0.5) is 0 Å². The lowest BCUT2D eigenvalue weighted by atomic mass is 10.2. The van der Waals surface area contributed by atoms with Gasteiger partial charge in [0.1, 0.15) is 23.7 Å². The summed E-state index contributed by atoms with van der Waals surface area (Å²) in [6.45, 7) is 2.59. The largest absolute Gasteiger partial charge is 0.463 e. The summed E-state index contributed by atoms with van der Waals surface area (Å²) in [5, 5.41) is 2.92. The van der Waals surface area contributed by atoms with Gasteiger partial charge in [0.25, 0.3) is 5.56 Å². The number of rotatable bonds is 4. The highest BCUT2D eigenvalue weighted by atomic mass is 16.3. The Labute approximate surface area is 131 Å². The molecule has 1 aromatic carbocycles. The maximum Gasteiger partial charge on any atom is 0.294 e. The fourth-order valence-corrected chi connectivity index (χ4v) is 2.70. The lowest BCUT2D eigenvalue weighted by molar-refractivity contribution is -0.710. The first kappa shape index (κ1) is 13.8. The molecule has 3 heterocycles. The van der Waals surface area contributed by atoms with Crippen molar-refractivity contribution in [3.8, 4) is 0 Å². The number of nitrogens with zero attached hydrogens (tertiary/aromatic N) is 1. The van der Waals surface area contributed by atoms with Crippen molar-refractivity contribution < 1.29 is 14.2 Å². The van der Waals surface area contributed by atoms with Crippen LogP contribution in [-0.4, -0.2) is 9.97 Å². The van der Waals surface area contributed by atoms with E-state index in [4.69, 9.17) is 8.83 Å². The fraction of sp³-hybridized carbons (Fsp3) is 0.176. The van der Waals surface area contributed by atoms with Crippen LogP contribution in [0.1, 0.15) is 24.6 Å². The number of para-hydroxylation sites is 1. The van der Waals surface area contributed by atoms with E-state index in [1.54, 1.807) is 6.26 Å². The minimum absolute atomic E-state index is 0.145. The van der Waals surface area contributed by atoms with Gasteiger partial charge in [0.15, 0.2) is 11.6 Å². The Balaban J connectivity index is 1.68. The Morgan fingerprint density at radius 3 is 2.96 bits per heavy atom. The average Bonchev–Trinajstić information content (AvgIpc) is 3.21. The first-order valence-corrected chi connectivity index (χ1v) is 7.49. The van der Waals surface area contributed by atoms with Crippen molar-refractivity contribution in [2.75, 3.05) is 0 Å². The lowest BCUT2D eigenvalue weighted by Gasteiger charge is -2.07. The molecule has 0 fully saturated rings. The van der Waals surface area contributed by atoms with Gasteiger partial charge in [0, 0.05) is 5.39 Å². The molecule has 0 saturated carbocycles. The third-order valence-electron chi connectivity index (χ3n) is 3.94. The Hall–Kier alpha value is -2.86. The van der Waals surface area contributed by atoms with E-state index in [9.17, 15) is 4.79 Å². The van der Waals surface area contributed by atoms with Crippen LogP contribution >= 0.6 is 0 Å². The molecule has 6 nitrogen and oxygen atoms in total. The second kappa shape index (κ2) is 5.40. The predicted molar refractivity (Wildman–Crippen MR) is 84.9 cm³/mol. The smallest absolute Gasteiger partial charge is 0.294 e. The number of H-pyrrole nitrogens is 1. The van der Waals surface area contributed by atoms with Gasteiger partial charge in [-0.1, -0.05) is 12.1 Å². The molecule has 4 aromatic rings. The van der Waals surface area contributed by atoms with Crippen LogP contribution in [0.25, 0.3) is 22.1 Å². The van der Waals surface area contributed by atoms with Crippen LogP contribution in [-0.2, 0) is 6.54 Å². The van der Waals surface area contributed by atoms with Crippen LogP contribution in [0.2, 0.25) is 0 Å². The molecule has 1 atom stereocenters. The van der Waals surface area contributed by atoms with Crippen LogP contribution < -0.4 is 10.9 Å². The van der Waals surface area contributed by atoms with Crippen LogP contribution in [0.5, 0.6) is 0 Å². The summed E-state index contributed by atoms with van der Waals surface area (Å²) in [4.78, 5) is 19.6. The normalized spacial score (nSPS) is 12.9. The third-order valence-corrected chi connectivity index (χ3v) is 3.94. The molecule has 4 rings (SSSR count). The highest BCUT2D eigenvalue weighted by molar-refractivity contribution is 6.01. The average molecular weight is 310 g/mol. The van der Waals surface area contributed by atoms with Crippen molar-refractivity contribution in [2.45, 2.75) is 19.5 Å². The van der Waals surface area contributed by atoms with E-state index in [1.807, 2.05) is 43.3 Å². The molecule has 0 aliphatic heterocycles. The van der Waals surface area contributed by atoms with Gasteiger partial charge in [-0.05, 0) is 31.2 Å². The number of nitrogens with two attached hydrogens (primary N) is 1. The molecule has 6 heteroatoms. The molecule has 0 spiro atoms. The quantitative estimate of drug-likeness (QED) is 0.604. The van der Waals surface area contributed by atoms with E-state index in [-0.39, 0.29) is 17.2 Å². The highest BCUT2D eigenvalue weighted by Gasteiger charge is 2.15. The SMILES string of the molecule is C[C@H]([NH2+]Cc1nc2c(oc3ccccc32)c(=O)[nH]1)c1ccco1. The number of quaternary nitrogens is 1. The summed E-state index contributed by atoms with van der Waals surface area (Å²) in [6, 6.07) is 11.5. The molecule has 0 aliphatic carbocycles. The molecular formula is C17H16N3O3+. The molecule has 0 saturated heterocycles. The molecule has 0 aliphatic rings. The lowest BCUT2D eigenvalue weighted by Crippen LogP contribution is -2.83. The van der Waals surface area contributed by atoms with Gasteiger partial charge in [-0.15, -0.1) is 0 Å². The fourth-order valence-electron chi connectivity index (χ4n) is 2.70. The number of fused-ring (bicyclic) bond motifs is 3. The number of aromatic amines is 1. The summed E-state index contributed by atoms with van der Waals surface area (Å²) in [5.41, 5.74) is 1.30. The first-order chi connectivity index (χ1) is 11.2. The Kier molecular flexibility index (Phi) is 3.24. The van der Waals surface area contributed by atoms with E-state index >= 15 is 0 Å². The van der Waals surface area contributed by atoms with E-state index in [0.29, 0.717) is 23.5 Å². The number of benzene rings is 1. The summed E-state index contributed by atoms with van der Waals surface area (Å²) in [7, 11) is 0. The maximum atomic E-state index is 12.2. The summed E-state index contributed by atoms with van der Waals surface area (Å²) in [5.74, 6) is 1.51. The Morgan fingerprint density at radius 2 is 2.13 bits per heavy atom. The third kappa shape index (κ3) is 2.43. The number of furan rings is 2. The second-order valence-electron chi connectivity index (χ2n) is 5.53. The number of aromatic nitrogens is 2. The molecule has 0 amide bonds. The Morgan fingerprint density at radius 1 is 1.26 bits per heavy atom. The predicted octanol–water partition coefficient (Wildman–Crippen LogP) is 2.09. The minimum Gasteiger partial charge on any atom is -0.463 e. The number of hydrogen-bond donors (Lipinski definition) is 2. The van der Waals surface area contributed by atoms with Crippen molar-refractivity contribution in [2.24, 2.45) is 0 Å². The zero-order valence-corrected chi connectivity index (χ0v) is 12.6. The van der Waals surface area contributed by atoms with Crippen molar-refractivity contribution in [3.05, 3.63) is 64.6 Å². The minimum atomic E-state index is -0.250. The zero-order valence-electron chi connectivity index (χ0n) is 12.6. The standard InChI is InChI=1S/C17H15N3O3/c1-10(12-7-4-8-22-12)18-9-14-19-15-11-5-2-3-6-13(11)23-16(15)17(21)20-14/h2-8,10,18H,9H2,1H3,(H,19,20,21)/p+1/t10-/m0/s1. The topological polar surface area (TPSA) is 88.6 Å². The van der Waals surface area contributed by atoms with Crippen molar-refractivity contribution >= 4 is 22.1 Å². The molecule has 0 radical (unpaired) electrons. The van der Waals surface area contributed by atoms with Gasteiger partial charge >= 0.3 is 0 Å². The van der Waals surface area contributed by atoms with Crippen LogP contribution in [0, 0.1) is 0 Å². The van der Waals surface area contributed by atoms with Gasteiger partial charge in [0.2, 0.25) is 5.58 Å². The summed E-state index contributed by atoms with van der Waals surface area (Å²) in [6.07, 6.45) is 1.66. The van der Waals surface area contributed by atoms with E-state index in [0.717, 1.165) is 11.1 Å². The van der Waals surface area contributed by atoms with Crippen molar-refractivity contribution in [1.29, 1.82) is 0 Å². The second-order valence-corrected chi connectivity index (χ2v) is 5.53. The monoisotopic (exact) mass is 310 g/mol. The van der Waals surface area contributed by atoms with Crippen molar-refractivity contribution in [1.82, 2.24) is 9.97 Å². The van der Waals surface area contributed by atoms with Gasteiger partial charge < -0.3 is 19.1 Å². The molecular weight excluding hydrogens is 294 g/mol. The molecule has 3 aromatic heterocycles. The summed E-state index contributed by atoms with van der Waals surface area (Å²) < 4.78 is 11.0. The van der Waals surface area contributed by atoms with Gasteiger partial charge in [0.05, 0.1) is 6.26 Å².